The average Bonchev–Trinajstić information content (AvgIpc) is 2.88. The highest BCUT2D eigenvalue weighted by Crippen LogP contribution is 2.36. The molecule has 4 heteroatoms. The van der Waals surface area contributed by atoms with E-state index in [-0.39, 0.29) is 23.9 Å². The summed E-state index contributed by atoms with van der Waals surface area (Å²) < 4.78 is 0. The molecular weight excluding hydrogens is 320 g/mol. The van der Waals surface area contributed by atoms with Crippen molar-refractivity contribution < 1.29 is 4.79 Å². The van der Waals surface area contributed by atoms with Crippen molar-refractivity contribution in [2.24, 2.45) is 17.6 Å². The van der Waals surface area contributed by atoms with Crippen LogP contribution in [0.4, 0.5) is 0 Å². The Labute approximate surface area is 152 Å². The van der Waals surface area contributed by atoms with Gasteiger partial charge in [0.15, 0.2) is 0 Å². The van der Waals surface area contributed by atoms with E-state index in [0.29, 0.717) is 17.9 Å². The van der Waals surface area contributed by atoms with Gasteiger partial charge in [-0.15, -0.1) is 12.4 Å². The van der Waals surface area contributed by atoms with E-state index in [1.54, 1.807) is 0 Å². The van der Waals surface area contributed by atoms with E-state index in [1.807, 2.05) is 0 Å². The minimum atomic E-state index is -0.327. The molecule has 1 heterocycles. The molecule has 1 amide bonds. The fraction of sp³-hybridized carbons (Fsp3) is 0.650. The van der Waals surface area contributed by atoms with Gasteiger partial charge in [-0.1, -0.05) is 43.2 Å². The predicted octanol–water partition coefficient (Wildman–Crippen LogP) is 3.80. The van der Waals surface area contributed by atoms with Crippen molar-refractivity contribution in [3.05, 3.63) is 35.9 Å². The minimum absolute atomic E-state index is 0. The lowest BCUT2D eigenvalue weighted by Gasteiger charge is -2.40. The Kier molecular flexibility index (Phi) is 6.33. The van der Waals surface area contributed by atoms with Gasteiger partial charge in [-0.3, -0.25) is 4.79 Å². The maximum atomic E-state index is 13.1. The van der Waals surface area contributed by atoms with Crippen LogP contribution in [-0.4, -0.2) is 28.9 Å². The van der Waals surface area contributed by atoms with Crippen LogP contribution in [-0.2, 0) is 11.2 Å². The van der Waals surface area contributed by atoms with Crippen LogP contribution >= 0.6 is 12.4 Å². The molecule has 1 saturated carbocycles. The topological polar surface area (TPSA) is 46.3 Å². The van der Waals surface area contributed by atoms with Gasteiger partial charge >= 0.3 is 0 Å². The summed E-state index contributed by atoms with van der Waals surface area (Å²) >= 11 is 0. The van der Waals surface area contributed by atoms with Crippen molar-refractivity contribution in [2.45, 2.75) is 64.0 Å². The van der Waals surface area contributed by atoms with E-state index in [4.69, 9.17) is 5.73 Å². The standard InChI is InChI=1S/C20H30N2O.ClH/c1-15-17(14-16-8-4-3-5-9-16)11-13-22(15)19(23)18-10-6-7-12-20(18,2)21;/h3-5,8-9,15,17-18H,6-7,10-14,21H2,1-2H3;1H. The number of nitrogens with two attached hydrogens (primary N) is 1. The summed E-state index contributed by atoms with van der Waals surface area (Å²) in [6.07, 6.45) is 6.39. The number of rotatable bonds is 3. The lowest BCUT2D eigenvalue weighted by Crippen LogP contribution is -2.54. The number of nitrogens with zero attached hydrogens (tertiary/aromatic N) is 1. The molecule has 0 radical (unpaired) electrons. The highest BCUT2D eigenvalue weighted by molar-refractivity contribution is 5.85. The summed E-state index contributed by atoms with van der Waals surface area (Å²) in [5.74, 6) is 0.876. The van der Waals surface area contributed by atoms with Crippen LogP contribution < -0.4 is 5.73 Å². The van der Waals surface area contributed by atoms with Gasteiger partial charge in [-0.05, 0) is 51.0 Å². The summed E-state index contributed by atoms with van der Waals surface area (Å²) in [6, 6.07) is 11.0. The fourth-order valence-corrected chi connectivity index (χ4v) is 4.47. The second kappa shape index (κ2) is 7.88. The van der Waals surface area contributed by atoms with Crippen molar-refractivity contribution in [1.82, 2.24) is 4.90 Å². The molecule has 3 nitrogen and oxygen atoms in total. The van der Waals surface area contributed by atoms with E-state index in [9.17, 15) is 4.79 Å². The van der Waals surface area contributed by atoms with Crippen LogP contribution in [0.2, 0.25) is 0 Å². The van der Waals surface area contributed by atoms with Crippen LogP contribution in [0.5, 0.6) is 0 Å². The van der Waals surface area contributed by atoms with Crippen LogP contribution in [0, 0.1) is 11.8 Å². The molecule has 1 aliphatic heterocycles. The van der Waals surface area contributed by atoms with E-state index >= 15 is 0 Å². The number of hydrogen-bond acceptors (Lipinski definition) is 2. The first-order chi connectivity index (χ1) is 11.0. The Bertz CT molecular complexity index is 546. The minimum Gasteiger partial charge on any atom is -0.339 e. The van der Waals surface area contributed by atoms with Gasteiger partial charge in [-0.25, -0.2) is 0 Å². The smallest absolute Gasteiger partial charge is 0.227 e. The Morgan fingerprint density at radius 3 is 2.62 bits per heavy atom. The van der Waals surface area contributed by atoms with Crippen LogP contribution in [0.3, 0.4) is 0 Å². The molecule has 0 spiro atoms. The zero-order valence-electron chi connectivity index (χ0n) is 14.9. The third-order valence-corrected chi connectivity index (χ3v) is 6.09. The lowest BCUT2D eigenvalue weighted by molar-refractivity contribution is -0.139. The highest BCUT2D eigenvalue weighted by Gasteiger charge is 2.43. The zero-order valence-corrected chi connectivity index (χ0v) is 15.7. The first-order valence-corrected chi connectivity index (χ1v) is 9.12. The number of carbonyl (C=O) groups is 1. The van der Waals surface area contributed by atoms with E-state index in [1.165, 1.54) is 5.56 Å². The number of benzene rings is 1. The second-order valence-electron chi connectivity index (χ2n) is 7.81. The lowest BCUT2D eigenvalue weighted by atomic mass is 9.74. The number of amides is 1. The van der Waals surface area contributed by atoms with Gasteiger partial charge in [0.2, 0.25) is 5.91 Å². The van der Waals surface area contributed by atoms with Gasteiger partial charge < -0.3 is 10.6 Å². The quantitative estimate of drug-likeness (QED) is 0.901. The van der Waals surface area contributed by atoms with E-state index in [2.05, 4.69) is 49.1 Å². The molecule has 3 rings (SSSR count). The Hall–Kier alpha value is -1.06. The van der Waals surface area contributed by atoms with Crippen molar-refractivity contribution >= 4 is 18.3 Å². The average molecular weight is 351 g/mol. The molecule has 2 N–H and O–H groups in total. The normalized spacial score (nSPS) is 33.1. The molecule has 1 aromatic carbocycles. The molecule has 1 saturated heterocycles. The maximum Gasteiger partial charge on any atom is 0.227 e. The summed E-state index contributed by atoms with van der Waals surface area (Å²) in [5.41, 5.74) is 7.49. The molecule has 0 bridgehead atoms. The third kappa shape index (κ3) is 3.94. The Morgan fingerprint density at radius 1 is 1.25 bits per heavy atom. The van der Waals surface area contributed by atoms with Gasteiger partial charge in [0.1, 0.15) is 0 Å². The summed E-state index contributed by atoms with van der Waals surface area (Å²) in [5, 5.41) is 0. The first-order valence-electron chi connectivity index (χ1n) is 9.12. The van der Waals surface area contributed by atoms with Crippen molar-refractivity contribution in [3.8, 4) is 0 Å². The molecule has 0 aromatic heterocycles. The first kappa shape index (κ1) is 19.3. The number of hydrogen-bond donors (Lipinski definition) is 1. The Balaban J connectivity index is 0.00000208. The van der Waals surface area contributed by atoms with Crippen molar-refractivity contribution in [2.75, 3.05) is 6.54 Å². The SMILES string of the molecule is CC1C(Cc2ccccc2)CCN1C(=O)C1CCCCC1(C)N.Cl. The van der Waals surface area contributed by atoms with Crippen LogP contribution in [0.1, 0.15) is 51.5 Å². The molecule has 24 heavy (non-hydrogen) atoms. The van der Waals surface area contributed by atoms with Gasteiger partial charge in [0, 0.05) is 18.1 Å². The molecular formula is C20H31ClN2O. The van der Waals surface area contributed by atoms with Crippen molar-refractivity contribution in [1.29, 1.82) is 0 Å². The molecule has 4 unspecified atom stereocenters. The zero-order chi connectivity index (χ0) is 16.4. The van der Waals surface area contributed by atoms with E-state index < -0.39 is 0 Å². The maximum absolute atomic E-state index is 13.1. The molecule has 1 aromatic rings. The molecule has 134 valence electrons. The molecule has 2 fully saturated rings. The summed E-state index contributed by atoms with van der Waals surface area (Å²) in [6.45, 7) is 5.18. The summed E-state index contributed by atoms with van der Waals surface area (Å²) in [7, 11) is 0. The third-order valence-electron chi connectivity index (χ3n) is 6.09. The second-order valence-corrected chi connectivity index (χ2v) is 7.81. The van der Waals surface area contributed by atoms with Gasteiger partial charge in [-0.2, -0.15) is 0 Å². The van der Waals surface area contributed by atoms with Crippen LogP contribution in [0.15, 0.2) is 30.3 Å². The molecule has 2 aliphatic rings. The monoisotopic (exact) mass is 350 g/mol. The van der Waals surface area contributed by atoms with Gasteiger partial charge in [0.25, 0.3) is 0 Å². The molecule has 4 atom stereocenters. The van der Waals surface area contributed by atoms with E-state index in [0.717, 1.165) is 45.1 Å². The number of carbonyl (C=O) groups excluding carboxylic acids is 1. The Morgan fingerprint density at radius 2 is 1.96 bits per heavy atom. The van der Waals surface area contributed by atoms with Crippen LogP contribution in [0.25, 0.3) is 0 Å². The summed E-state index contributed by atoms with van der Waals surface area (Å²) in [4.78, 5) is 15.2. The predicted molar refractivity (Wildman–Crippen MR) is 101 cm³/mol. The largest absolute Gasteiger partial charge is 0.339 e. The number of halogens is 1. The fourth-order valence-electron chi connectivity index (χ4n) is 4.47. The number of likely N-dealkylation sites (tertiary alicyclic amines) is 1. The van der Waals surface area contributed by atoms with Crippen molar-refractivity contribution in [3.63, 3.8) is 0 Å². The molecule has 1 aliphatic carbocycles. The van der Waals surface area contributed by atoms with Gasteiger partial charge in [0.05, 0.1) is 5.92 Å². The highest BCUT2D eigenvalue weighted by atomic mass is 35.5.